The number of amides is 1. The fraction of sp³-hybridized carbons (Fsp3) is 0.389. The molecule has 6 nitrogen and oxygen atoms in total. The third-order valence-corrected chi connectivity index (χ3v) is 4.90. The number of alkyl halides is 6. The lowest BCUT2D eigenvalue weighted by Gasteiger charge is -2.23. The van der Waals surface area contributed by atoms with E-state index in [2.05, 4.69) is 20.6 Å². The molecule has 3 aromatic rings. The lowest BCUT2D eigenvalue weighted by Crippen LogP contribution is -2.42. The van der Waals surface area contributed by atoms with Crippen molar-refractivity contribution in [2.75, 3.05) is 13.1 Å². The molecule has 3 aromatic heterocycles. The molecule has 2 N–H and O–H groups in total. The Bertz CT molecular complexity index is 1110. The van der Waals surface area contributed by atoms with Crippen molar-refractivity contribution in [1.82, 2.24) is 25.0 Å². The van der Waals surface area contributed by atoms with Crippen molar-refractivity contribution in [1.29, 1.82) is 0 Å². The summed E-state index contributed by atoms with van der Waals surface area (Å²) in [4.78, 5) is 19.9. The van der Waals surface area contributed by atoms with Gasteiger partial charge in [-0.2, -0.15) is 26.3 Å². The van der Waals surface area contributed by atoms with Crippen LogP contribution in [0.15, 0.2) is 24.4 Å². The van der Waals surface area contributed by atoms with Crippen LogP contribution in [0.5, 0.6) is 0 Å². The summed E-state index contributed by atoms with van der Waals surface area (Å²) in [6, 6.07) is 2.10. The van der Waals surface area contributed by atoms with Crippen LogP contribution < -0.4 is 10.6 Å². The molecule has 4 heterocycles. The van der Waals surface area contributed by atoms with Crippen molar-refractivity contribution in [2.24, 2.45) is 0 Å². The summed E-state index contributed by atoms with van der Waals surface area (Å²) in [5.74, 6) is -0.554. The van der Waals surface area contributed by atoms with E-state index in [9.17, 15) is 31.1 Å². The zero-order chi connectivity index (χ0) is 21.7. The summed E-state index contributed by atoms with van der Waals surface area (Å²) in [5.41, 5.74) is -3.82. The molecule has 0 unspecified atom stereocenters. The van der Waals surface area contributed by atoms with Gasteiger partial charge in [-0.25, -0.2) is 9.97 Å². The first-order chi connectivity index (χ1) is 14.0. The van der Waals surface area contributed by atoms with E-state index in [0.717, 1.165) is 29.8 Å². The minimum atomic E-state index is -5.08. The highest BCUT2D eigenvalue weighted by Crippen LogP contribution is 2.38. The van der Waals surface area contributed by atoms with Crippen LogP contribution in [0.3, 0.4) is 0 Å². The number of carbonyl (C=O) groups excluding carboxylic acids is 1. The van der Waals surface area contributed by atoms with Gasteiger partial charge in [0.25, 0.3) is 5.91 Å². The van der Waals surface area contributed by atoms with Crippen LogP contribution in [0.4, 0.5) is 26.3 Å². The smallest absolute Gasteiger partial charge is 0.348 e. The number of fused-ring (bicyclic) bond motifs is 3. The average molecular weight is 431 g/mol. The van der Waals surface area contributed by atoms with E-state index in [0.29, 0.717) is 12.8 Å². The van der Waals surface area contributed by atoms with Crippen LogP contribution in [0.1, 0.15) is 34.6 Å². The van der Waals surface area contributed by atoms with Gasteiger partial charge in [0, 0.05) is 17.6 Å². The molecule has 0 aromatic carbocycles. The Morgan fingerprint density at radius 2 is 1.77 bits per heavy atom. The number of hydrogen-bond acceptors (Lipinski definition) is 4. The summed E-state index contributed by atoms with van der Waals surface area (Å²) < 4.78 is 80.6. The van der Waals surface area contributed by atoms with Gasteiger partial charge in [-0.05, 0) is 44.1 Å². The standard InChI is InChI=1S/C18H15F6N5O/c19-17(20,21)11-7-13(18(22,23)24)28-15-10(11)1-2-14-27-12(8-29(14)15)16(30)26-9-3-5-25-6-4-9/h1-2,7-9,25H,3-6H2,(H,26,30). The molecule has 0 saturated carbocycles. The normalized spacial score (nSPS) is 16.3. The maximum atomic E-state index is 13.4. The van der Waals surface area contributed by atoms with Gasteiger partial charge in [0.15, 0.2) is 0 Å². The average Bonchev–Trinajstić information content (AvgIpc) is 3.11. The molecule has 4 rings (SSSR count). The molecule has 160 valence electrons. The Labute approximate surface area is 165 Å². The number of hydrogen-bond donors (Lipinski definition) is 2. The molecule has 1 aliphatic heterocycles. The van der Waals surface area contributed by atoms with Gasteiger partial charge in [-0.15, -0.1) is 0 Å². The van der Waals surface area contributed by atoms with Crippen molar-refractivity contribution >= 4 is 22.6 Å². The number of piperidine rings is 1. The predicted molar refractivity (Wildman–Crippen MR) is 93.9 cm³/mol. The van der Waals surface area contributed by atoms with E-state index in [1.807, 2.05) is 0 Å². The molecule has 0 bridgehead atoms. The summed E-state index contributed by atoms with van der Waals surface area (Å²) >= 11 is 0. The Morgan fingerprint density at radius 3 is 2.40 bits per heavy atom. The number of halogens is 6. The van der Waals surface area contributed by atoms with Crippen LogP contribution in [-0.4, -0.2) is 39.4 Å². The number of nitrogens with zero attached hydrogens (tertiary/aromatic N) is 3. The highest BCUT2D eigenvalue weighted by molar-refractivity contribution is 5.94. The van der Waals surface area contributed by atoms with Crippen LogP contribution in [0.2, 0.25) is 0 Å². The first-order valence-corrected chi connectivity index (χ1v) is 9.03. The Balaban J connectivity index is 1.83. The summed E-state index contributed by atoms with van der Waals surface area (Å²) in [5, 5.41) is 5.40. The minimum Gasteiger partial charge on any atom is -0.348 e. The van der Waals surface area contributed by atoms with Gasteiger partial charge < -0.3 is 10.6 Å². The molecule has 0 spiro atoms. The molecular formula is C18H15F6N5O. The second kappa shape index (κ2) is 7.11. The number of pyridine rings is 2. The highest BCUT2D eigenvalue weighted by Gasteiger charge is 2.39. The fourth-order valence-electron chi connectivity index (χ4n) is 3.44. The van der Waals surface area contributed by atoms with Crippen molar-refractivity contribution in [3.05, 3.63) is 41.3 Å². The first-order valence-electron chi connectivity index (χ1n) is 9.03. The molecule has 0 aliphatic carbocycles. The summed E-state index contributed by atoms with van der Waals surface area (Å²) in [6.07, 6.45) is -7.60. The second-order valence-electron chi connectivity index (χ2n) is 6.97. The van der Waals surface area contributed by atoms with Gasteiger partial charge in [0.2, 0.25) is 0 Å². The van der Waals surface area contributed by atoms with Crippen molar-refractivity contribution in [3.8, 4) is 0 Å². The van der Waals surface area contributed by atoms with Crippen LogP contribution in [-0.2, 0) is 12.4 Å². The maximum absolute atomic E-state index is 13.4. The molecule has 0 radical (unpaired) electrons. The van der Waals surface area contributed by atoms with Gasteiger partial charge in [-0.3, -0.25) is 9.20 Å². The van der Waals surface area contributed by atoms with Crippen LogP contribution in [0.25, 0.3) is 16.7 Å². The van der Waals surface area contributed by atoms with E-state index in [4.69, 9.17) is 0 Å². The topological polar surface area (TPSA) is 71.3 Å². The number of imidazole rings is 1. The summed E-state index contributed by atoms with van der Waals surface area (Å²) in [7, 11) is 0. The molecular weight excluding hydrogens is 416 g/mol. The lowest BCUT2D eigenvalue weighted by molar-refractivity contribution is -0.144. The molecule has 1 amide bonds. The largest absolute Gasteiger partial charge is 0.433 e. The van der Waals surface area contributed by atoms with E-state index in [1.165, 1.54) is 6.07 Å². The minimum absolute atomic E-state index is 0.0120. The van der Waals surface area contributed by atoms with Crippen LogP contribution in [0, 0.1) is 0 Å². The Kier molecular flexibility index (Phi) is 4.83. The lowest BCUT2D eigenvalue weighted by atomic mass is 10.1. The molecule has 1 saturated heterocycles. The first kappa shape index (κ1) is 20.4. The van der Waals surface area contributed by atoms with Crippen molar-refractivity contribution < 1.29 is 31.1 Å². The van der Waals surface area contributed by atoms with Crippen LogP contribution >= 0.6 is 0 Å². The van der Waals surface area contributed by atoms with Crippen molar-refractivity contribution in [3.63, 3.8) is 0 Å². The van der Waals surface area contributed by atoms with Gasteiger partial charge in [0.1, 0.15) is 22.7 Å². The fourth-order valence-corrected chi connectivity index (χ4v) is 3.44. The molecule has 12 heteroatoms. The zero-order valence-electron chi connectivity index (χ0n) is 15.2. The van der Waals surface area contributed by atoms with E-state index in [1.54, 1.807) is 0 Å². The number of rotatable bonds is 2. The Morgan fingerprint density at radius 1 is 1.07 bits per heavy atom. The van der Waals surface area contributed by atoms with Crippen molar-refractivity contribution in [2.45, 2.75) is 31.2 Å². The molecule has 1 aliphatic rings. The molecule has 1 fully saturated rings. The SMILES string of the molecule is O=C(NC1CCNCC1)c1cn2c(ccc3c(C(F)(F)F)cc(C(F)(F)F)nc32)n1. The predicted octanol–water partition coefficient (Wildman–Crippen LogP) is 3.40. The second-order valence-corrected chi connectivity index (χ2v) is 6.97. The van der Waals surface area contributed by atoms with E-state index >= 15 is 0 Å². The van der Waals surface area contributed by atoms with Gasteiger partial charge in [-0.1, -0.05) is 0 Å². The number of carbonyl (C=O) groups is 1. The third-order valence-electron chi connectivity index (χ3n) is 4.90. The van der Waals surface area contributed by atoms with Gasteiger partial charge in [0.05, 0.1) is 5.56 Å². The summed E-state index contributed by atoms with van der Waals surface area (Å²) in [6.45, 7) is 1.45. The van der Waals surface area contributed by atoms with Gasteiger partial charge >= 0.3 is 12.4 Å². The number of nitrogens with one attached hydrogen (secondary N) is 2. The highest BCUT2D eigenvalue weighted by atomic mass is 19.4. The zero-order valence-corrected chi connectivity index (χ0v) is 15.2. The van der Waals surface area contributed by atoms with E-state index < -0.39 is 40.6 Å². The third kappa shape index (κ3) is 3.78. The van der Waals surface area contributed by atoms with E-state index in [-0.39, 0.29) is 23.4 Å². The molecule has 0 atom stereocenters. The number of aromatic nitrogens is 3. The quantitative estimate of drug-likeness (QED) is 0.611. The Hall–Kier alpha value is -2.89. The molecule has 30 heavy (non-hydrogen) atoms. The maximum Gasteiger partial charge on any atom is 0.433 e. The monoisotopic (exact) mass is 431 g/mol.